The Morgan fingerprint density at radius 2 is 2.33 bits per heavy atom. The fraction of sp³-hybridized carbons (Fsp3) is 0.500. The van der Waals surface area contributed by atoms with Crippen molar-refractivity contribution < 1.29 is 13.6 Å². The van der Waals surface area contributed by atoms with E-state index < -0.39 is 6.17 Å². The van der Waals surface area contributed by atoms with Gasteiger partial charge in [0.2, 0.25) is 11.8 Å². The predicted octanol–water partition coefficient (Wildman–Crippen LogP) is 1.39. The van der Waals surface area contributed by atoms with Crippen molar-refractivity contribution in [3.05, 3.63) is 36.0 Å². The summed E-state index contributed by atoms with van der Waals surface area (Å²) in [6.07, 6.45) is 2.99. The molecule has 1 aliphatic rings. The van der Waals surface area contributed by atoms with E-state index in [1.54, 1.807) is 42.2 Å². The van der Waals surface area contributed by atoms with Crippen LogP contribution in [0.2, 0.25) is 0 Å². The summed E-state index contributed by atoms with van der Waals surface area (Å²) in [5, 5.41) is 7.76. The van der Waals surface area contributed by atoms with Gasteiger partial charge in [-0.25, -0.2) is 4.39 Å². The molecule has 0 saturated carbocycles. The first-order valence-corrected chi connectivity index (χ1v) is 7.86. The van der Waals surface area contributed by atoms with Crippen molar-refractivity contribution in [2.24, 2.45) is 0 Å². The maximum absolute atomic E-state index is 13.9. The second kappa shape index (κ2) is 6.94. The molecule has 3 heterocycles. The molecule has 7 nitrogen and oxygen atoms in total. The van der Waals surface area contributed by atoms with Crippen LogP contribution in [0, 0.1) is 6.92 Å². The van der Waals surface area contributed by atoms with Gasteiger partial charge in [-0.05, 0) is 11.6 Å². The number of aryl methyl sites for hydroxylation is 1. The lowest BCUT2D eigenvalue weighted by Crippen LogP contribution is -2.42. The number of carbonyl (C=O) groups is 1. The minimum Gasteiger partial charge on any atom is -0.408 e. The van der Waals surface area contributed by atoms with Gasteiger partial charge in [0.1, 0.15) is 6.17 Å². The number of alkyl halides is 1. The van der Waals surface area contributed by atoms with E-state index in [0.717, 1.165) is 5.56 Å². The van der Waals surface area contributed by atoms with Gasteiger partial charge in [-0.3, -0.25) is 9.78 Å². The number of halogens is 1. The van der Waals surface area contributed by atoms with Crippen molar-refractivity contribution in [3.63, 3.8) is 0 Å². The van der Waals surface area contributed by atoms with Crippen LogP contribution in [0.1, 0.15) is 17.9 Å². The summed E-state index contributed by atoms with van der Waals surface area (Å²) in [5.41, 5.74) is 0.855. The number of pyridine rings is 1. The fourth-order valence-corrected chi connectivity index (χ4v) is 2.90. The molecule has 0 N–H and O–H groups in total. The molecular formula is C16H20FN5O2. The van der Waals surface area contributed by atoms with E-state index in [2.05, 4.69) is 15.2 Å². The molecule has 0 bridgehead atoms. The molecule has 0 spiro atoms. The number of hydrogen-bond donors (Lipinski definition) is 0. The van der Waals surface area contributed by atoms with Crippen LogP contribution < -0.4 is 4.90 Å². The number of hydrogen-bond acceptors (Lipinski definition) is 6. The summed E-state index contributed by atoms with van der Waals surface area (Å²) >= 11 is 0. The molecule has 1 aliphatic heterocycles. The van der Waals surface area contributed by atoms with E-state index in [1.807, 2.05) is 6.07 Å². The Kier molecular flexibility index (Phi) is 4.73. The van der Waals surface area contributed by atoms with Crippen LogP contribution in [-0.2, 0) is 11.2 Å². The zero-order chi connectivity index (χ0) is 17.1. The van der Waals surface area contributed by atoms with Crippen molar-refractivity contribution in [2.75, 3.05) is 25.0 Å². The van der Waals surface area contributed by atoms with Crippen LogP contribution >= 0.6 is 0 Å². The predicted molar refractivity (Wildman–Crippen MR) is 85.3 cm³/mol. The molecule has 2 aromatic rings. The molecule has 1 saturated heterocycles. The molecule has 8 heteroatoms. The number of likely N-dealkylation sites (N-methyl/N-ethyl adjacent to an activating group) is 1. The first-order valence-electron chi connectivity index (χ1n) is 7.86. The summed E-state index contributed by atoms with van der Waals surface area (Å²) in [4.78, 5) is 19.7. The molecule has 1 amide bonds. The van der Waals surface area contributed by atoms with Crippen molar-refractivity contribution in [1.29, 1.82) is 0 Å². The van der Waals surface area contributed by atoms with Gasteiger partial charge >= 0.3 is 6.01 Å². The van der Waals surface area contributed by atoms with Crippen LogP contribution in [0.4, 0.5) is 10.4 Å². The van der Waals surface area contributed by atoms with Gasteiger partial charge in [0.05, 0.1) is 19.0 Å². The SMILES string of the molecule is Cc1nnc(N2C[C@@H](F)C[C@H]2CN(C)C(=O)Cc2cccnc2)o1. The first kappa shape index (κ1) is 16.4. The second-order valence-corrected chi connectivity index (χ2v) is 6.06. The molecule has 2 aromatic heterocycles. The van der Waals surface area contributed by atoms with Crippen LogP contribution in [-0.4, -0.2) is 58.3 Å². The molecule has 0 aliphatic carbocycles. The number of aromatic nitrogens is 3. The van der Waals surface area contributed by atoms with Crippen molar-refractivity contribution in [2.45, 2.75) is 32.0 Å². The van der Waals surface area contributed by atoms with Gasteiger partial charge in [-0.2, -0.15) is 0 Å². The highest BCUT2D eigenvalue weighted by Crippen LogP contribution is 2.26. The number of anilines is 1. The summed E-state index contributed by atoms with van der Waals surface area (Å²) in [5.74, 6) is 0.402. The topological polar surface area (TPSA) is 75.4 Å². The third-order valence-electron chi connectivity index (χ3n) is 4.11. The minimum atomic E-state index is -0.968. The maximum Gasteiger partial charge on any atom is 0.318 e. The third kappa shape index (κ3) is 3.69. The Morgan fingerprint density at radius 3 is 3.00 bits per heavy atom. The van der Waals surface area contributed by atoms with Crippen LogP contribution in [0.3, 0.4) is 0 Å². The highest BCUT2D eigenvalue weighted by Gasteiger charge is 2.36. The van der Waals surface area contributed by atoms with Crippen molar-refractivity contribution in [3.8, 4) is 0 Å². The van der Waals surface area contributed by atoms with Gasteiger partial charge in [-0.15, -0.1) is 5.10 Å². The second-order valence-electron chi connectivity index (χ2n) is 6.06. The quantitative estimate of drug-likeness (QED) is 0.823. The Hall–Kier alpha value is -2.51. The van der Waals surface area contributed by atoms with E-state index >= 15 is 0 Å². The van der Waals surface area contributed by atoms with Gasteiger partial charge in [0.15, 0.2) is 0 Å². The van der Waals surface area contributed by atoms with Crippen molar-refractivity contribution in [1.82, 2.24) is 20.1 Å². The molecule has 0 radical (unpaired) electrons. The molecular weight excluding hydrogens is 313 g/mol. The molecule has 2 atom stereocenters. The number of amides is 1. The summed E-state index contributed by atoms with van der Waals surface area (Å²) in [6, 6.07) is 3.79. The standard InChI is InChI=1S/C16H20FN5O2/c1-11-19-20-16(24-11)22-9-13(17)7-14(22)10-21(2)15(23)6-12-4-3-5-18-8-12/h3-5,8,13-14H,6-7,9-10H2,1-2H3/t13-,14-/m0/s1. The van der Waals surface area contributed by atoms with Gasteiger partial charge in [-0.1, -0.05) is 11.2 Å². The molecule has 0 aromatic carbocycles. The highest BCUT2D eigenvalue weighted by atomic mass is 19.1. The zero-order valence-corrected chi connectivity index (χ0v) is 13.7. The number of carbonyl (C=O) groups excluding carboxylic acids is 1. The monoisotopic (exact) mass is 333 g/mol. The largest absolute Gasteiger partial charge is 0.408 e. The summed E-state index contributed by atoms with van der Waals surface area (Å²) < 4.78 is 19.3. The summed E-state index contributed by atoms with van der Waals surface area (Å²) in [7, 11) is 1.72. The lowest BCUT2D eigenvalue weighted by atomic mass is 10.1. The van der Waals surface area contributed by atoms with Crippen molar-refractivity contribution >= 4 is 11.9 Å². The van der Waals surface area contributed by atoms with E-state index in [4.69, 9.17) is 4.42 Å². The lowest BCUT2D eigenvalue weighted by Gasteiger charge is -2.27. The Morgan fingerprint density at radius 1 is 1.50 bits per heavy atom. The summed E-state index contributed by atoms with van der Waals surface area (Å²) in [6.45, 7) is 2.30. The lowest BCUT2D eigenvalue weighted by molar-refractivity contribution is -0.129. The van der Waals surface area contributed by atoms with Gasteiger partial charge in [0, 0.05) is 39.3 Å². The van der Waals surface area contributed by atoms with E-state index in [9.17, 15) is 9.18 Å². The average Bonchev–Trinajstić information content (AvgIpc) is 3.14. The highest BCUT2D eigenvalue weighted by molar-refractivity contribution is 5.78. The van der Waals surface area contributed by atoms with E-state index in [1.165, 1.54) is 0 Å². The molecule has 3 rings (SSSR count). The fourth-order valence-electron chi connectivity index (χ4n) is 2.90. The smallest absolute Gasteiger partial charge is 0.318 e. The van der Waals surface area contributed by atoms with E-state index in [0.29, 0.717) is 24.9 Å². The van der Waals surface area contributed by atoms with E-state index in [-0.39, 0.29) is 24.9 Å². The average molecular weight is 333 g/mol. The van der Waals surface area contributed by atoms with Gasteiger partial charge < -0.3 is 14.2 Å². The zero-order valence-electron chi connectivity index (χ0n) is 13.7. The number of rotatable bonds is 5. The third-order valence-corrected chi connectivity index (χ3v) is 4.11. The van der Waals surface area contributed by atoms with Crippen LogP contribution in [0.25, 0.3) is 0 Å². The number of nitrogens with zero attached hydrogens (tertiary/aromatic N) is 5. The Bertz CT molecular complexity index is 693. The normalized spacial score (nSPS) is 20.4. The first-order chi connectivity index (χ1) is 11.5. The minimum absolute atomic E-state index is 0.0352. The molecule has 1 fully saturated rings. The maximum atomic E-state index is 13.9. The molecule has 24 heavy (non-hydrogen) atoms. The Labute approximate surface area is 139 Å². The van der Waals surface area contributed by atoms with Gasteiger partial charge in [0.25, 0.3) is 0 Å². The molecule has 128 valence electrons. The van der Waals surface area contributed by atoms with Crippen LogP contribution in [0.5, 0.6) is 0 Å². The molecule has 0 unspecified atom stereocenters. The van der Waals surface area contributed by atoms with Crippen LogP contribution in [0.15, 0.2) is 28.9 Å². The Balaban J connectivity index is 1.63.